The SMILES string of the molecule is CCS(=O)(=O)CCCN1CCCCC1CCN. The molecular formula is C12H26N2O2S. The van der Waals surface area contributed by atoms with Gasteiger partial charge in [-0.25, -0.2) is 8.42 Å². The fourth-order valence-corrected chi connectivity index (χ4v) is 3.36. The summed E-state index contributed by atoms with van der Waals surface area (Å²) >= 11 is 0. The smallest absolute Gasteiger partial charge is 0.150 e. The third kappa shape index (κ3) is 5.36. The molecule has 1 unspecified atom stereocenters. The second-order valence-corrected chi connectivity index (χ2v) is 7.33. The number of rotatable bonds is 7. The zero-order valence-electron chi connectivity index (χ0n) is 10.9. The minimum Gasteiger partial charge on any atom is -0.330 e. The molecule has 1 aliphatic rings. The van der Waals surface area contributed by atoms with E-state index in [1.165, 1.54) is 19.3 Å². The highest BCUT2D eigenvalue weighted by atomic mass is 32.2. The van der Waals surface area contributed by atoms with Gasteiger partial charge in [0.1, 0.15) is 9.84 Å². The van der Waals surface area contributed by atoms with Gasteiger partial charge >= 0.3 is 0 Å². The number of hydrogen-bond donors (Lipinski definition) is 1. The maximum Gasteiger partial charge on any atom is 0.150 e. The summed E-state index contributed by atoms with van der Waals surface area (Å²) < 4.78 is 22.8. The van der Waals surface area contributed by atoms with Crippen LogP contribution in [0.3, 0.4) is 0 Å². The molecule has 1 fully saturated rings. The van der Waals surface area contributed by atoms with Crippen LogP contribution in [0.15, 0.2) is 0 Å². The average molecular weight is 262 g/mol. The van der Waals surface area contributed by atoms with Crippen LogP contribution in [0.1, 0.15) is 39.0 Å². The van der Waals surface area contributed by atoms with Gasteiger partial charge in [-0.1, -0.05) is 13.3 Å². The van der Waals surface area contributed by atoms with Crippen molar-refractivity contribution in [2.75, 3.05) is 31.1 Å². The molecule has 4 nitrogen and oxygen atoms in total. The lowest BCUT2D eigenvalue weighted by molar-refractivity contribution is 0.142. The third-order valence-electron chi connectivity index (χ3n) is 3.59. The maximum atomic E-state index is 11.4. The van der Waals surface area contributed by atoms with Crippen LogP contribution in [-0.2, 0) is 9.84 Å². The van der Waals surface area contributed by atoms with Crippen LogP contribution in [-0.4, -0.2) is 50.5 Å². The molecule has 0 bridgehead atoms. The number of hydrogen-bond acceptors (Lipinski definition) is 4. The molecule has 1 heterocycles. The molecule has 1 saturated heterocycles. The molecule has 1 aliphatic heterocycles. The second-order valence-electron chi connectivity index (χ2n) is 4.85. The van der Waals surface area contributed by atoms with Gasteiger partial charge in [-0.15, -0.1) is 0 Å². The summed E-state index contributed by atoms with van der Waals surface area (Å²) in [5, 5.41) is 0. The van der Waals surface area contributed by atoms with E-state index in [1.54, 1.807) is 6.92 Å². The fourth-order valence-electron chi connectivity index (χ4n) is 2.51. The largest absolute Gasteiger partial charge is 0.330 e. The van der Waals surface area contributed by atoms with Crippen molar-refractivity contribution in [1.29, 1.82) is 0 Å². The van der Waals surface area contributed by atoms with Crippen molar-refractivity contribution in [2.24, 2.45) is 5.73 Å². The Hall–Kier alpha value is -0.130. The predicted octanol–water partition coefficient (Wildman–Crippen LogP) is 1.01. The number of nitrogens with two attached hydrogens (primary N) is 1. The molecule has 17 heavy (non-hydrogen) atoms. The molecule has 0 spiro atoms. The topological polar surface area (TPSA) is 63.4 Å². The highest BCUT2D eigenvalue weighted by Gasteiger charge is 2.21. The van der Waals surface area contributed by atoms with Gasteiger partial charge in [0.05, 0.1) is 5.75 Å². The summed E-state index contributed by atoms with van der Waals surface area (Å²) in [6, 6.07) is 0.582. The third-order valence-corrected chi connectivity index (χ3v) is 5.38. The van der Waals surface area contributed by atoms with E-state index in [0.29, 0.717) is 11.8 Å². The number of nitrogens with zero attached hydrogens (tertiary/aromatic N) is 1. The molecule has 0 saturated carbocycles. The van der Waals surface area contributed by atoms with Crippen molar-refractivity contribution in [1.82, 2.24) is 4.90 Å². The monoisotopic (exact) mass is 262 g/mol. The second kappa shape index (κ2) is 7.34. The van der Waals surface area contributed by atoms with Crippen LogP contribution >= 0.6 is 0 Å². The first-order chi connectivity index (χ1) is 8.09. The van der Waals surface area contributed by atoms with Crippen LogP contribution in [0.4, 0.5) is 0 Å². The molecule has 0 aromatic carbocycles. The highest BCUT2D eigenvalue weighted by Crippen LogP contribution is 2.19. The minimum absolute atomic E-state index is 0.263. The quantitative estimate of drug-likeness (QED) is 0.744. The van der Waals surface area contributed by atoms with Crippen LogP contribution in [0.5, 0.6) is 0 Å². The lowest BCUT2D eigenvalue weighted by Crippen LogP contribution is -2.41. The molecule has 102 valence electrons. The molecule has 0 aromatic heterocycles. The Labute approximate surface area is 105 Å². The molecule has 1 atom stereocenters. The van der Waals surface area contributed by atoms with Crippen molar-refractivity contribution in [3.8, 4) is 0 Å². The van der Waals surface area contributed by atoms with Gasteiger partial charge in [-0.05, 0) is 45.3 Å². The summed E-state index contributed by atoms with van der Waals surface area (Å²) in [6.07, 6.45) is 5.55. The summed E-state index contributed by atoms with van der Waals surface area (Å²) in [4.78, 5) is 2.43. The lowest BCUT2D eigenvalue weighted by atomic mass is 9.99. The van der Waals surface area contributed by atoms with Gasteiger partial charge in [0, 0.05) is 11.8 Å². The van der Waals surface area contributed by atoms with Crippen molar-refractivity contribution < 1.29 is 8.42 Å². The van der Waals surface area contributed by atoms with Gasteiger partial charge in [-0.2, -0.15) is 0 Å². The summed E-state index contributed by atoms with van der Waals surface area (Å²) in [6.45, 7) is 4.46. The first-order valence-electron chi connectivity index (χ1n) is 6.73. The standard InChI is InChI=1S/C12H26N2O2S/c1-2-17(15,16)11-5-10-14-9-4-3-6-12(14)7-8-13/h12H,2-11,13H2,1H3. The molecule has 1 rings (SSSR count). The van der Waals surface area contributed by atoms with Crippen molar-refractivity contribution in [2.45, 2.75) is 45.1 Å². The molecule has 0 aliphatic carbocycles. The van der Waals surface area contributed by atoms with Crippen LogP contribution in [0.25, 0.3) is 0 Å². The number of sulfone groups is 1. The molecule has 0 radical (unpaired) electrons. The summed E-state index contributed by atoms with van der Waals surface area (Å²) in [7, 11) is -2.80. The Kier molecular flexibility index (Phi) is 6.44. The first-order valence-corrected chi connectivity index (χ1v) is 8.55. The normalized spacial score (nSPS) is 22.8. The molecular weight excluding hydrogens is 236 g/mol. The Balaban J connectivity index is 2.33. The van der Waals surface area contributed by atoms with Gasteiger partial charge in [0.25, 0.3) is 0 Å². The van der Waals surface area contributed by atoms with Gasteiger partial charge in [-0.3, -0.25) is 0 Å². The average Bonchev–Trinajstić information content (AvgIpc) is 2.31. The summed E-state index contributed by atoms with van der Waals surface area (Å²) in [5.41, 5.74) is 5.62. The predicted molar refractivity (Wildman–Crippen MR) is 71.8 cm³/mol. The maximum absolute atomic E-state index is 11.4. The van der Waals surface area contributed by atoms with E-state index in [4.69, 9.17) is 5.73 Å². The van der Waals surface area contributed by atoms with Crippen molar-refractivity contribution >= 4 is 9.84 Å². The lowest BCUT2D eigenvalue weighted by Gasteiger charge is -2.35. The van der Waals surface area contributed by atoms with E-state index in [9.17, 15) is 8.42 Å². The fraction of sp³-hybridized carbons (Fsp3) is 1.00. The van der Waals surface area contributed by atoms with Crippen LogP contribution < -0.4 is 5.73 Å². The van der Waals surface area contributed by atoms with E-state index >= 15 is 0 Å². The first kappa shape index (κ1) is 14.9. The van der Waals surface area contributed by atoms with Crippen molar-refractivity contribution in [3.05, 3.63) is 0 Å². The Morgan fingerprint density at radius 2 is 2.12 bits per heavy atom. The number of piperidine rings is 1. The molecule has 0 aromatic rings. The zero-order chi connectivity index (χ0) is 12.7. The van der Waals surface area contributed by atoms with Crippen LogP contribution in [0.2, 0.25) is 0 Å². The van der Waals surface area contributed by atoms with Crippen molar-refractivity contribution in [3.63, 3.8) is 0 Å². The van der Waals surface area contributed by atoms with Crippen LogP contribution in [0, 0.1) is 0 Å². The zero-order valence-corrected chi connectivity index (χ0v) is 11.7. The van der Waals surface area contributed by atoms with E-state index < -0.39 is 9.84 Å². The molecule has 5 heteroatoms. The van der Waals surface area contributed by atoms with Gasteiger partial charge < -0.3 is 10.6 Å². The summed E-state index contributed by atoms with van der Waals surface area (Å²) in [5.74, 6) is 0.592. The van der Waals surface area contributed by atoms with E-state index in [2.05, 4.69) is 4.90 Å². The van der Waals surface area contributed by atoms with E-state index in [1.807, 2.05) is 0 Å². The molecule has 0 amide bonds. The van der Waals surface area contributed by atoms with Gasteiger partial charge in [0.2, 0.25) is 0 Å². The van der Waals surface area contributed by atoms with E-state index in [0.717, 1.165) is 32.5 Å². The highest BCUT2D eigenvalue weighted by molar-refractivity contribution is 7.91. The Morgan fingerprint density at radius 1 is 1.35 bits per heavy atom. The minimum atomic E-state index is -2.80. The Bertz CT molecular complexity index is 302. The molecule has 2 N–H and O–H groups in total. The Morgan fingerprint density at radius 3 is 2.76 bits per heavy atom. The number of likely N-dealkylation sites (tertiary alicyclic amines) is 1. The van der Waals surface area contributed by atoms with E-state index in [-0.39, 0.29) is 5.75 Å². The van der Waals surface area contributed by atoms with Gasteiger partial charge in [0.15, 0.2) is 0 Å².